The molecule has 4 rings (SSSR count). The van der Waals surface area contributed by atoms with Gasteiger partial charge in [0.25, 0.3) is 0 Å². The van der Waals surface area contributed by atoms with Gasteiger partial charge in [-0.05, 0) is 54.2 Å². The molecule has 0 saturated heterocycles. The lowest BCUT2D eigenvalue weighted by Gasteiger charge is -2.31. The van der Waals surface area contributed by atoms with E-state index in [9.17, 15) is 4.79 Å². The molecule has 172 valence electrons. The highest BCUT2D eigenvalue weighted by molar-refractivity contribution is 5.74. The number of aryl methyl sites for hydroxylation is 1. The van der Waals surface area contributed by atoms with Crippen molar-refractivity contribution in [1.82, 2.24) is 10.6 Å². The quantitative estimate of drug-likeness (QED) is 0.469. The van der Waals surface area contributed by atoms with Crippen LogP contribution in [-0.2, 0) is 12.8 Å². The third kappa shape index (κ3) is 5.86. The number of anilines is 2. The Hall–Kier alpha value is -3.47. The number of nitrogens with one attached hydrogen (secondary N) is 2. The first-order valence-corrected chi connectivity index (χ1v) is 11.8. The Morgan fingerprint density at radius 2 is 1.67 bits per heavy atom. The Morgan fingerprint density at radius 1 is 0.939 bits per heavy atom. The molecule has 1 aliphatic rings. The number of hydrogen-bond donors (Lipinski definition) is 2. The monoisotopic (exact) mass is 442 g/mol. The van der Waals surface area contributed by atoms with Crippen molar-refractivity contribution in [2.75, 3.05) is 43.5 Å². The van der Waals surface area contributed by atoms with Crippen molar-refractivity contribution < 1.29 is 4.79 Å². The van der Waals surface area contributed by atoms with Gasteiger partial charge in [-0.15, -0.1) is 0 Å². The van der Waals surface area contributed by atoms with E-state index in [1.165, 1.54) is 28.1 Å². The smallest absolute Gasteiger partial charge is 0.314 e. The van der Waals surface area contributed by atoms with Crippen LogP contribution in [0.5, 0.6) is 0 Å². The first-order chi connectivity index (χ1) is 16.1. The van der Waals surface area contributed by atoms with Crippen LogP contribution >= 0.6 is 0 Å². The standard InChI is InChI=1S/C28H34N4O/c1-31(2)25-16-14-24(15-17-25)27(32-20-18-23-12-6-7-13-26(23)32)21-30-28(33)29-19-8-11-22-9-4-3-5-10-22/h3-7,9-10,12-17,27H,8,11,18-21H2,1-2H3,(H2,29,30,33). The minimum atomic E-state index is -0.106. The second-order valence-corrected chi connectivity index (χ2v) is 8.80. The summed E-state index contributed by atoms with van der Waals surface area (Å²) in [5.74, 6) is 0. The van der Waals surface area contributed by atoms with Crippen LogP contribution in [0.1, 0.15) is 29.2 Å². The molecule has 0 aliphatic carbocycles. The Balaban J connectivity index is 1.38. The molecule has 3 aromatic carbocycles. The summed E-state index contributed by atoms with van der Waals surface area (Å²) >= 11 is 0. The van der Waals surface area contributed by atoms with Gasteiger partial charge in [-0.1, -0.05) is 60.7 Å². The molecule has 5 nitrogen and oxygen atoms in total. The largest absolute Gasteiger partial charge is 0.378 e. The van der Waals surface area contributed by atoms with Gasteiger partial charge in [0, 0.05) is 45.1 Å². The summed E-state index contributed by atoms with van der Waals surface area (Å²) in [6, 6.07) is 27.6. The third-order valence-corrected chi connectivity index (χ3v) is 6.32. The number of hydrogen-bond acceptors (Lipinski definition) is 3. The van der Waals surface area contributed by atoms with E-state index < -0.39 is 0 Å². The maximum atomic E-state index is 12.5. The van der Waals surface area contributed by atoms with Gasteiger partial charge in [-0.3, -0.25) is 0 Å². The molecule has 3 aromatic rings. The van der Waals surface area contributed by atoms with E-state index in [-0.39, 0.29) is 12.1 Å². The van der Waals surface area contributed by atoms with Crippen molar-refractivity contribution in [3.63, 3.8) is 0 Å². The van der Waals surface area contributed by atoms with Gasteiger partial charge in [-0.25, -0.2) is 4.79 Å². The Bertz CT molecular complexity index is 1030. The number of nitrogens with zero attached hydrogens (tertiary/aromatic N) is 2. The number of fused-ring (bicyclic) bond motifs is 1. The summed E-state index contributed by atoms with van der Waals surface area (Å²) in [6.45, 7) is 2.18. The van der Waals surface area contributed by atoms with Gasteiger partial charge >= 0.3 is 6.03 Å². The number of amides is 2. The highest BCUT2D eigenvalue weighted by Crippen LogP contribution is 2.35. The Labute approximate surface area is 197 Å². The van der Waals surface area contributed by atoms with Crippen molar-refractivity contribution >= 4 is 17.4 Å². The predicted molar refractivity (Wildman–Crippen MR) is 137 cm³/mol. The lowest BCUT2D eigenvalue weighted by molar-refractivity contribution is 0.240. The molecule has 0 spiro atoms. The second kappa shape index (κ2) is 10.9. The first kappa shape index (κ1) is 22.7. The van der Waals surface area contributed by atoms with Crippen molar-refractivity contribution in [1.29, 1.82) is 0 Å². The molecule has 2 N–H and O–H groups in total. The molecule has 2 amide bonds. The van der Waals surface area contributed by atoms with E-state index in [2.05, 4.69) is 93.2 Å². The van der Waals surface area contributed by atoms with E-state index in [0.29, 0.717) is 13.1 Å². The number of benzene rings is 3. The van der Waals surface area contributed by atoms with E-state index in [1.807, 2.05) is 20.2 Å². The lowest BCUT2D eigenvalue weighted by Crippen LogP contribution is -2.42. The molecule has 1 aliphatic heterocycles. The number of carbonyl (C=O) groups is 1. The normalized spacial score (nSPS) is 13.3. The van der Waals surface area contributed by atoms with Gasteiger partial charge in [0.1, 0.15) is 0 Å². The summed E-state index contributed by atoms with van der Waals surface area (Å²) < 4.78 is 0. The molecule has 5 heteroatoms. The molecule has 0 bridgehead atoms. The fourth-order valence-electron chi connectivity index (χ4n) is 4.48. The number of para-hydroxylation sites is 1. The molecular formula is C28H34N4O. The zero-order valence-electron chi connectivity index (χ0n) is 19.6. The van der Waals surface area contributed by atoms with Crippen molar-refractivity contribution in [3.8, 4) is 0 Å². The van der Waals surface area contributed by atoms with E-state index >= 15 is 0 Å². The number of carbonyl (C=O) groups excluding carboxylic acids is 1. The SMILES string of the molecule is CN(C)c1ccc(C(CNC(=O)NCCCc2ccccc2)N2CCc3ccccc32)cc1. The molecular weight excluding hydrogens is 408 g/mol. The van der Waals surface area contributed by atoms with Gasteiger partial charge in [0.15, 0.2) is 0 Å². The summed E-state index contributed by atoms with van der Waals surface area (Å²) in [5.41, 5.74) is 6.32. The average Bonchev–Trinajstić information content (AvgIpc) is 3.27. The van der Waals surface area contributed by atoms with Crippen LogP contribution in [0.3, 0.4) is 0 Å². The fourth-order valence-corrected chi connectivity index (χ4v) is 4.48. The second-order valence-electron chi connectivity index (χ2n) is 8.80. The van der Waals surface area contributed by atoms with Crippen LogP contribution < -0.4 is 20.4 Å². The van der Waals surface area contributed by atoms with Crippen molar-refractivity contribution in [3.05, 3.63) is 95.6 Å². The Morgan fingerprint density at radius 3 is 2.42 bits per heavy atom. The molecule has 0 saturated carbocycles. The molecule has 1 heterocycles. The minimum Gasteiger partial charge on any atom is -0.378 e. The van der Waals surface area contributed by atoms with Gasteiger partial charge in [-0.2, -0.15) is 0 Å². The van der Waals surface area contributed by atoms with Gasteiger partial charge in [0.05, 0.1) is 6.04 Å². The zero-order valence-corrected chi connectivity index (χ0v) is 19.6. The molecule has 1 atom stereocenters. The van der Waals surface area contributed by atoms with Crippen LogP contribution in [0, 0.1) is 0 Å². The van der Waals surface area contributed by atoms with E-state index in [0.717, 1.165) is 25.8 Å². The maximum Gasteiger partial charge on any atom is 0.314 e. The van der Waals surface area contributed by atoms with Crippen LogP contribution in [0.15, 0.2) is 78.9 Å². The average molecular weight is 443 g/mol. The van der Waals surface area contributed by atoms with E-state index in [4.69, 9.17) is 0 Å². The molecule has 0 aromatic heterocycles. The van der Waals surface area contributed by atoms with E-state index in [1.54, 1.807) is 0 Å². The topological polar surface area (TPSA) is 47.6 Å². The van der Waals surface area contributed by atoms with Crippen LogP contribution in [0.25, 0.3) is 0 Å². The minimum absolute atomic E-state index is 0.0833. The third-order valence-electron chi connectivity index (χ3n) is 6.32. The summed E-state index contributed by atoms with van der Waals surface area (Å²) in [6.07, 6.45) is 2.92. The summed E-state index contributed by atoms with van der Waals surface area (Å²) in [7, 11) is 4.10. The first-order valence-electron chi connectivity index (χ1n) is 11.8. The van der Waals surface area contributed by atoms with Crippen molar-refractivity contribution in [2.24, 2.45) is 0 Å². The number of urea groups is 1. The molecule has 1 unspecified atom stereocenters. The highest BCUT2D eigenvalue weighted by atomic mass is 16.2. The zero-order chi connectivity index (χ0) is 23.0. The predicted octanol–water partition coefficient (Wildman–Crippen LogP) is 4.79. The fraction of sp³-hybridized carbons (Fsp3) is 0.321. The highest BCUT2D eigenvalue weighted by Gasteiger charge is 2.27. The number of rotatable bonds is 9. The van der Waals surface area contributed by atoms with Crippen LogP contribution in [0.4, 0.5) is 16.2 Å². The van der Waals surface area contributed by atoms with Crippen LogP contribution in [-0.4, -0.2) is 39.8 Å². The van der Waals surface area contributed by atoms with Crippen molar-refractivity contribution in [2.45, 2.75) is 25.3 Å². The van der Waals surface area contributed by atoms with Gasteiger partial charge in [0.2, 0.25) is 0 Å². The molecule has 33 heavy (non-hydrogen) atoms. The summed E-state index contributed by atoms with van der Waals surface area (Å²) in [5, 5.41) is 6.14. The Kier molecular flexibility index (Phi) is 7.51. The lowest BCUT2D eigenvalue weighted by atomic mass is 10.0. The molecule has 0 radical (unpaired) electrons. The van der Waals surface area contributed by atoms with Gasteiger partial charge < -0.3 is 20.4 Å². The van der Waals surface area contributed by atoms with Crippen LogP contribution in [0.2, 0.25) is 0 Å². The molecule has 0 fully saturated rings. The summed E-state index contributed by atoms with van der Waals surface area (Å²) in [4.78, 5) is 17.1. The maximum absolute atomic E-state index is 12.5.